The molecule has 1 aliphatic heterocycles. The number of aliphatic hydroxyl groups excluding tert-OH is 1. The molecule has 114 valence electrons. The predicted molar refractivity (Wildman–Crippen MR) is 82.5 cm³/mol. The fourth-order valence-electron chi connectivity index (χ4n) is 2.81. The monoisotopic (exact) mass is 299 g/mol. The molecule has 5 nitrogen and oxygen atoms in total. The lowest BCUT2D eigenvalue weighted by Gasteiger charge is -2.18. The lowest BCUT2D eigenvalue weighted by atomic mass is 10.1. The number of carbonyl (C=O) groups is 2. The topological polar surface area (TPSA) is 66.8 Å². The van der Waals surface area contributed by atoms with Crippen molar-refractivity contribution in [2.75, 3.05) is 24.7 Å². The molecule has 0 radical (unpaired) electrons. The van der Waals surface area contributed by atoms with Gasteiger partial charge in [0.1, 0.15) is 6.61 Å². The van der Waals surface area contributed by atoms with Gasteiger partial charge >= 0.3 is 5.97 Å². The summed E-state index contributed by atoms with van der Waals surface area (Å²) >= 11 is 0. The minimum absolute atomic E-state index is 0.0300. The van der Waals surface area contributed by atoms with Crippen LogP contribution in [0.1, 0.15) is 6.42 Å². The second-order valence-electron chi connectivity index (χ2n) is 5.29. The number of esters is 1. The molecule has 0 saturated carbocycles. The SMILES string of the molecule is O=C(OCCO)C1CC(=O)N(c2cccc3ccccc23)C1. The molecule has 1 N–H and O–H groups in total. The van der Waals surface area contributed by atoms with Crippen LogP contribution in [-0.4, -0.2) is 36.7 Å². The summed E-state index contributed by atoms with van der Waals surface area (Å²) in [5.74, 6) is -0.981. The largest absolute Gasteiger partial charge is 0.463 e. The molecular formula is C17H17NO4. The van der Waals surface area contributed by atoms with Gasteiger partial charge < -0.3 is 14.7 Å². The average Bonchev–Trinajstić information content (AvgIpc) is 2.94. The van der Waals surface area contributed by atoms with Crippen molar-refractivity contribution >= 4 is 28.3 Å². The molecule has 1 saturated heterocycles. The maximum atomic E-state index is 12.3. The molecule has 1 amide bonds. The molecular weight excluding hydrogens is 282 g/mol. The quantitative estimate of drug-likeness (QED) is 0.873. The van der Waals surface area contributed by atoms with Gasteiger partial charge in [0.15, 0.2) is 0 Å². The number of ether oxygens (including phenoxy) is 1. The highest BCUT2D eigenvalue weighted by atomic mass is 16.5. The van der Waals surface area contributed by atoms with E-state index < -0.39 is 11.9 Å². The molecule has 2 aromatic carbocycles. The van der Waals surface area contributed by atoms with Gasteiger partial charge in [-0.3, -0.25) is 9.59 Å². The second kappa shape index (κ2) is 6.15. The van der Waals surface area contributed by atoms with Crippen molar-refractivity contribution < 1.29 is 19.4 Å². The second-order valence-corrected chi connectivity index (χ2v) is 5.29. The van der Waals surface area contributed by atoms with E-state index in [0.717, 1.165) is 16.5 Å². The van der Waals surface area contributed by atoms with Crippen LogP contribution >= 0.6 is 0 Å². The van der Waals surface area contributed by atoms with E-state index in [2.05, 4.69) is 0 Å². The van der Waals surface area contributed by atoms with Gasteiger partial charge in [0.25, 0.3) is 0 Å². The molecule has 2 aromatic rings. The Morgan fingerprint density at radius 2 is 2.00 bits per heavy atom. The number of aliphatic hydroxyl groups is 1. The third kappa shape index (κ3) is 2.67. The zero-order valence-corrected chi connectivity index (χ0v) is 12.1. The van der Waals surface area contributed by atoms with E-state index >= 15 is 0 Å². The average molecular weight is 299 g/mol. The Kier molecular flexibility index (Phi) is 4.06. The van der Waals surface area contributed by atoms with Crippen molar-refractivity contribution in [2.24, 2.45) is 5.92 Å². The molecule has 1 fully saturated rings. The Hall–Kier alpha value is -2.40. The molecule has 1 aliphatic rings. The van der Waals surface area contributed by atoms with Crippen LogP contribution in [0.25, 0.3) is 10.8 Å². The van der Waals surface area contributed by atoms with Gasteiger partial charge in [-0.25, -0.2) is 0 Å². The zero-order valence-electron chi connectivity index (χ0n) is 12.1. The Bertz CT molecular complexity index is 707. The van der Waals surface area contributed by atoms with Gasteiger partial charge in [0, 0.05) is 18.4 Å². The van der Waals surface area contributed by atoms with Crippen molar-refractivity contribution in [1.29, 1.82) is 0 Å². The Morgan fingerprint density at radius 3 is 2.82 bits per heavy atom. The fraction of sp³-hybridized carbons (Fsp3) is 0.294. The highest BCUT2D eigenvalue weighted by molar-refractivity contribution is 6.06. The summed E-state index contributed by atoms with van der Waals surface area (Å²) in [6.45, 7) is 0.0777. The first kappa shape index (κ1) is 14.5. The van der Waals surface area contributed by atoms with Crippen LogP contribution in [0.15, 0.2) is 42.5 Å². The summed E-state index contributed by atoms with van der Waals surface area (Å²) in [7, 11) is 0. The predicted octanol–water partition coefficient (Wildman–Crippen LogP) is 1.73. The fourth-order valence-corrected chi connectivity index (χ4v) is 2.81. The van der Waals surface area contributed by atoms with Crippen molar-refractivity contribution in [2.45, 2.75) is 6.42 Å². The van der Waals surface area contributed by atoms with E-state index in [9.17, 15) is 9.59 Å². The number of nitrogens with zero attached hydrogens (tertiary/aromatic N) is 1. The van der Waals surface area contributed by atoms with E-state index in [1.165, 1.54) is 0 Å². The number of carbonyl (C=O) groups excluding carboxylic acids is 2. The number of fused-ring (bicyclic) bond motifs is 1. The third-order valence-corrected chi connectivity index (χ3v) is 3.85. The van der Waals surface area contributed by atoms with Gasteiger partial charge in [-0.05, 0) is 11.5 Å². The molecule has 0 bridgehead atoms. The highest BCUT2D eigenvalue weighted by Crippen LogP contribution is 2.31. The molecule has 5 heteroatoms. The summed E-state index contributed by atoms with van der Waals surface area (Å²) in [5.41, 5.74) is 0.820. The van der Waals surface area contributed by atoms with Crippen LogP contribution in [0.4, 0.5) is 5.69 Å². The summed E-state index contributed by atoms with van der Waals surface area (Å²) in [6, 6.07) is 13.6. The van der Waals surface area contributed by atoms with Gasteiger partial charge in [-0.1, -0.05) is 36.4 Å². The highest BCUT2D eigenvalue weighted by Gasteiger charge is 2.36. The maximum Gasteiger partial charge on any atom is 0.311 e. The van der Waals surface area contributed by atoms with E-state index in [1.807, 2.05) is 42.5 Å². The van der Waals surface area contributed by atoms with Gasteiger partial charge in [-0.2, -0.15) is 0 Å². The number of benzene rings is 2. The molecule has 1 unspecified atom stereocenters. The van der Waals surface area contributed by atoms with E-state index in [0.29, 0.717) is 6.54 Å². The van der Waals surface area contributed by atoms with E-state index in [4.69, 9.17) is 9.84 Å². The molecule has 0 spiro atoms. The lowest BCUT2D eigenvalue weighted by Crippen LogP contribution is -2.26. The first-order valence-electron chi connectivity index (χ1n) is 7.26. The van der Waals surface area contributed by atoms with E-state index in [1.54, 1.807) is 4.90 Å². The van der Waals surface area contributed by atoms with Crippen LogP contribution < -0.4 is 4.90 Å². The molecule has 22 heavy (non-hydrogen) atoms. The van der Waals surface area contributed by atoms with Crippen molar-refractivity contribution in [3.8, 4) is 0 Å². The lowest BCUT2D eigenvalue weighted by molar-refractivity contribution is -0.149. The van der Waals surface area contributed by atoms with Gasteiger partial charge in [0.05, 0.1) is 18.2 Å². The van der Waals surface area contributed by atoms with Crippen LogP contribution in [0.3, 0.4) is 0 Å². The minimum atomic E-state index is -0.474. The molecule has 3 rings (SSSR count). The Labute approximate surface area is 128 Å². The third-order valence-electron chi connectivity index (χ3n) is 3.85. The zero-order chi connectivity index (χ0) is 15.5. The summed E-state index contributed by atoms with van der Waals surface area (Å²) in [6.07, 6.45) is 0.146. The van der Waals surface area contributed by atoms with E-state index in [-0.39, 0.29) is 25.5 Å². The van der Waals surface area contributed by atoms with Crippen LogP contribution in [0, 0.1) is 5.92 Å². The van der Waals surface area contributed by atoms with Crippen LogP contribution in [0.5, 0.6) is 0 Å². The van der Waals surface area contributed by atoms with Gasteiger partial charge in [0.2, 0.25) is 5.91 Å². The van der Waals surface area contributed by atoms with Crippen molar-refractivity contribution in [3.63, 3.8) is 0 Å². The first-order chi connectivity index (χ1) is 10.7. The summed E-state index contributed by atoms with van der Waals surface area (Å²) < 4.78 is 4.93. The maximum absolute atomic E-state index is 12.3. The normalized spacial score (nSPS) is 18.0. The Morgan fingerprint density at radius 1 is 1.23 bits per heavy atom. The van der Waals surface area contributed by atoms with Crippen molar-refractivity contribution in [1.82, 2.24) is 0 Å². The van der Waals surface area contributed by atoms with Gasteiger partial charge in [-0.15, -0.1) is 0 Å². The van der Waals surface area contributed by atoms with Crippen LogP contribution in [-0.2, 0) is 14.3 Å². The summed E-state index contributed by atoms with van der Waals surface area (Å²) in [5, 5.41) is 10.7. The number of rotatable bonds is 4. The Balaban J connectivity index is 1.86. The molecule has 1 heterocycles. The molecule has 0 aliphatic carbocycles. The first-order valence-corrected chi connectivity index (χ1v) is 7.26. The number of hydrogen-bond acceptors (Lipinski definition) is 4. The molecule has 1 atom stereocenters. The number of anilines is 1. The summed E-state index contributed by atoms with van der Waals surface area (Å²) in [4.78, 5) is 25.8. The number of amides is 1. The minimum Gasteiger partial charge on any atom is -0.463 e. The standard InChI is InChI=1S/C17H17NO4/c19-8-9-22-17(21)13-10-16(20)18(11-13)15-7-3-5-12-4-1-2-6-14(12)15/h1-7,13,19H,8-11H2. The van der Waals surface area contributed by atoms with Crippen molar-refractivity contribution in [3.05, 3.63) is 42.5 Å². The molecule has 0 aromatic heterocycles. The van der Waals surface area contributed by atoms with Crippen LogP contribution in [0.2, 0.25) is 0 Å². The smallest absolute Gasteiger partial charge is 0.311 e. The number of hydrogen-bond donors (Lipinski definition) is 1.